The Kier molecular flexibility index (Phi) is 3.66. The third kappa shape index (κ3) is 2.94. The number of hydrogen-bond acceptors (Lipinski definition) is 2. The number of ether oxygens (including phenoxy) is 1. The second-order valence-corrected chi connectivity index (χ2v) is 3.40. The van der Waals surface area contributed by atoms with Crippen molar-refractivity contribution in [1.82, 2.24) is 0 Å². The fourth-order valence-electron chi connectivity index (χ4n) is 1.06. The Bertz CT molecular complexity index is 366. The van der Waals surface area contributed by atoms with Crippen molar-refractivity contribution in [2.45, 2.75) is 26.4 Å². The lowest BCUT2D eigenvalue weighted by atomic mass is 10.2. The molecule has 1 aromatic rings. The Hall–Kier alpha value is -1.58. The van der Waals surface area contributed by atoms with Gasteiger partial charge in [0.2, 0.25) is 0 Å². The van der Waals surface area contributed by atoms with Crippen LogP contribution in [0.15, 0.2) is 18.2 Å². The first-order valence-corrected chi connectivity index (χ1v) is 4.85. The summed E-state index contributed by atoms with van der Waals surface area (Å²) in [5.41, 5.74) is 5.60. The number of benzene rings is 1. The highest BCUT2D eigenvalue weighted by molar-refractivity contribution is 5.95. The fourth-order valence-corrected chi connectivity index (χ4v) is 1.06. The predicted molar refractivity (Wildman–Crippen MR) is 57.8 cm³/mol. The lowest BCUT2D eigenvalue weighted by molar-refractivity contribution is 0.208. The predicted octanol–water partition coefficient (Wildman–Crippen LogP) is 2.29. The molecule has 82 valence electrons. The molecule has 1 atom stereocenters. The summed E-state index contributed by atoms with van der Waals surface area (Å²) in [4.78, 5) is 0. The molecule has 4 heteroatoms. The molecule has 1 aromatic carbocycles. The topological polar surface area (TPSA) is 59.1 Å². The van der Waals surface area contributed by atoms with E-state index < -0.39 is 5.82 Å². The van der Waals surface area contributed by atoms with Gasteiger partial charge in [-0.1, -0.05) is 6.92 Å². The monoisotopic (exact) mass is 210 g/mol. The Labute approximate surface area is 88.6 Å². The fraction of sp³-hybridized carbons (Fsp3) is 0.364. The quantitative estimate of drug-likeness (QED) is 0.591. The van der Waals surface area contributed by atoms with Gasteiger partial charge in [0.1, 0.15) is 5.84 Å². The number of nitrogens with two attached hydrogens (primary N) is 1. The van der Waals surface area contributed by atoms with Gasteiger partial charge in [-0.15, -0.1) is 0 Å². The maximum atomic E-state index is 13.4. The van der Waals surface area contributed by atoms with Crippen molar-refractivity contribution >= 4 is 5.84 Å². The summed E-state index contributed by atoms with van der Waals surface area (Å²) in [5, 5.41) is 7.15. The normalized spacial score (nSPS) is 12.2. The summed E-state index contributed by atoms with van der Waals surface area (Å²) >= 11 is 0. The van der Waals surface area contributed by atoms with Crippen LogP contribution in [0.25, 0.3) is 0 Å². The van der Waals surface area contributed by atoms with E-state index in [1.54, 1.807) is 6.07 Å². The van der Waals surface area contributed by atoms with E-state index in [0.717, 1.165) is 6.42 Å². The molecule has 3 N–H and O–H groups in total. The van der Waals surface area contributed by atoms with Crippen LogP contribution < -0.4 is 10.5 Å². The van der Waals surface area contributed by atoms with Gasteiger partial charge in [-0.25, -0.2) is 4.39 Å². The van der Waals surface area contributed by atoms with E-state index in [9.17, 15) is 4.39 Å². The summed E-state index contributed by atoms with van der Waals surface area (Å²) in [7, 11) is 0. The van der Waals surface area contributed by atoms with E-state index in [0.29, 0.717) is 5.56 Å². The summed E-state index contributed by atoms with van der Waals surface area (Å²) in [5.74, 6) is -0.429. The largest absolute Gasteiger partial charge is 0.488 e. The van der Waals surface area contributed by atoms with Gasteiger partial charge in [-0.3, -0.25) is 5.41 Å². The molecule has 0 fully saturated rings. The highest BCUT2D eigenvalue weighted by Gasteiger charge is 2.08. The molecule has 0 radical (unpaired) electrons. The maximum Gasteiger partial charge on any atom is 0.165 e. The zero-order valence-electron chi connectivity index (χ0n) is 8.88. The first kappa shape index (κ1) is 11.5. The molecule has 0 spiro atoms. The van der Waals surface area contributed by atoms with E-state index in [1.165, 1.54) is 12.1 Å². The van der Waals surface area contributed by atoms with Crippen molar-refractivity contribution in [3.05, 3.63) is 29.6 Å². The molecule has 15 heavy (non-hydrogen) atoms. The average Bonchev–Trinajstić information content (AvgIpc) is 2.20. The molecule has 0 amide bonds. The summed E-state index contributed by atoms with van der Waals surface area (Å²) in [6.07, 6.45) is 0.788. The van der Waals surface area contributed by atoms with Gasteiger partial charge < -0.3 is 10.5 Å². The number of hydrogen-bond donors (Lipinski definition) is 2. The third-order valence-corrected chi connectivity index (χ3v) is 2.15. The van der Waals surface area contributed by atoms with Crippen LogP contribution in [0.1, 0.15) is 25.8 Å². The number of nitrogens with one attached hydrogen (secondary N) is 1. The Morgan fingerprint density at radius 3 is 2.73 bits per heavy atom. The molecule has 0 aromatic heterocycles. The molecule has 0 aliphatic rings. The minimum Gasteiger partial charge on any atom is -0.488 e. The summed E-state index contributed by atoms with van der Waals surface area (Å²) < 4.78 is 18.8. The number of amidine groups is 1. The molecule has 0 aliphatic heterocycles. The molecule has 0 bridgehead atoms. The average molecular weight is 210 g/mol. The Balaban J connectivity index is 2.88. The molecule has 0 saturated carbocycles. The van der Waals surface area contributed by atoms with Gasteiger partial charge in [0.15, 0.2) is 11.6 Å². The van der Waals surface area contributed by atoms with Gasteiger partial charge in [0, 0.05) is 5.56 Å². The van der Waals surface area contributed by atoms with Crippen molar-refractivity contribution < 1.29 is 9.13 Å². The van der Waals surface area contributed by atoms with Crippen molar-refractivity contribution in [2.75, 3.05) is 0 Å². The smallest absolute Gasteiger partial charge is 0.165 e. The van der Waals surface area contributed by atoms with Crippen molar-refractivity contribution in [1.29, 1.82) is 5.41 Å². The lowest BCUT2D eigenvalue weighted by Gasteiger charge is -2.13. The standard InChI is InChI=1S/C11H15FN2O/c1-3-7(2)15-10-5-4-8(11(13)14)6-9(10)12/h4-7H,3H2,1-2H3,(H3,13,14). The van der Waals surface area contributed by atoms with Gasteiger partial charge in [0.05, 0.1) is 6.10 Å². The van der Waals surface area contributed by atoms with Gasteiger partial charge >= 0.3 is 0 Å². The molecule has 0 saturated heterocycles. The zero-order chi connectivity index (χ0) is 11.4. The minimum atomic E-state index is -0.483. The van der Waals surface area contributed by atoms with Crippen LogP contribution in [0.2, 0.25) is 0 Å². The van der Waals surface area contributed by atoms with Crippen molar-refractivity contribution in [2.24, 2.45) is 5.73 Å². The molecule has 1 rings (SSSR count). The van der Waals surface area contributed by atoms with Crippen LogP contribution in [0.3, 0.4) is 0 Å². The second-order valence-electron chi connectivity index (χ2n) is 3.40. The van der Waals surface area contributed by atoms with E-state index >= 15 is 0 Å². The molecular weight excluding hydrogens is 195 g/mol. The van der Waals surface area contributed by atoms with Crippen LogP contribution >= 0.6 is 0 Å². The van der Waals surface area contributed by atoms with Crippen LogP contribution in [0.5, 0.6) is 5.75 Å². The first-order valence-electron chi connectivity index (χ1n) is 4.85. The van der Waals surface area contributed by atoms with E-state index in [4.69, 9.17) is 15.9 Å². The van der Waals surface area contributed by atoms with Gasteiger partial charge in [-0.2, -0.15) is 0 Å². The number of halogens is 1. The Morgan fingerprint density at radius 2 is 2.27 bits per heavy atom. The van der Waals surface area contributed by atoms with Crippen molar-refractivity contribution in [3.8, 4) is 5.75 Å². The maximum absolute atomic E-state index is 13.4. The molecule has 0 aliphatic carbocycles. The lowest BCUT2D eigenvalue weighted by Crippen LogP contribution is -2.13. The highest BCUT2D eigenvalue weighted by Crippen LogP contribution is 2.20. The van der Waals surface area contributed by atoms with Gasteiger partial charge in [-0.05, 0) is 31.5 Å². The minimum absolute atomic E-state index is 0.0253. The summed E-state index contributed by atoms with van der Waals surface area (Å²) in [6, 6.07) is 4.28. The first-order chi connectivity index (χ1) is 7.04. The zero-order valence-corrected chi connectivity index (χ0v) is 8.88. The van der Waals surface area contributed by atoms with E-state index in [-0.39, 0.29) is 17.7 Å². The summed E-state index contributed by atoms with van der Waals surface area (Å²) in [6.45, 7) is 3.84. The van der Waals surface area contributed by atoms with Crippen LogP contribution in [0.4, 0.5) is 4.39 Å². The van der Waals surface area contributed by atoms with Crippen LogP contribution in [0, 0.1) is 11.2 Å². The Morgan fingerprint density at radius 1 is 1.60 bits per heavy atom. The third-order valence-electron chi connectivity index (χ3n) is 2.15. The van der Waals surface area contributed by atoms with Gasteiger partial charge in [0.25, 0.3) is 0 Å². The number of rotatable bonds is 4. The van der Waals surface area contributed by atoms with Crippen LogP contribution in [-0.2, 0) is 0 Å². The molecule has 1 unspecified atom stereocenters. The molecular formula is C11H15FN2O. The van der Waals surface area contributed by atoms with Crippen molar-refractivity contribution in [3.63, 3.8) is 0 Å². The SMILES string of the molecule is CCC(C)Oc1ccc(C(=N)N)cc1F. The molecule has 0 heterocycles. The van der Waals surface area contributed by atoms with Crippen LogP contribution in [-0.4, -0.2) is 11.9 Å². The highest BCUT2D eigenvalue weighted by atomic mass is 19.1. The molecule has 3 nitrogen and oxygen atoms in total. The van der Waals surface area contributed by atoms with E-state index in [2.05, 4.69) is 0 Å². The van der Waals surface area contributed by atoms with E-state index in [1.807, 2.05) is 13.8 Å². The number of nitrogen functional groups attached to an aromatic ring is 1. The second kappa shape index (κ2) is 4.77.